The Morgan fingerprint density at radius 2 is 1.70 bits per heavy atom. The van der Waals surface area contributed by atoms with Crippen molar-refractivity contribution >= 4 is 35.6 Å². The normalized spacial score (nSPS) is 14.4. The van der Waals surface area contributed by atoms with Gasteiger partial charge in [0.25, 0.3) is 0 Å². The minimum Gasteiger partial charge on any atom is -0.378 e. The highest BCUT2D eigenvalue weighted by atomic mass is 127. The summed E-state index contributed by atoms with van der Waals surface area (Å²) in [6, 6.07) is 15.2. The molecule has 0 aliphatic carbocycles. The van der Waals surface area contributed by atoms with Gasteiger partial charge < -0.3 is 20.3 Å². The van der Waals surface area contributed by atoms with Crippen LogP contribution in [0.2, 0.25) is 0 Å². The third-order valence-electron chi connectivity index (χ3n) is 4.40. The molecule has 0 amide bonds. The number of aliphatic imine (C=N–C) groups is 1. The summed E-state index contributed by atoms with van der Waals surface area (Å²) in [5, 5.41) is 6.39. The molecular formula is C20H26FIN4O. The van der Waals surface area contributed by atoms with Crippen molar-refractivity contribution < 1.29 is 9.13 Å². The van der Waals surface area contributed by atoms with E-state index in [4.69, 9.17) is 4.74 Å². The maximum Gasteiger partial charge on any atom is 0.191 e. The van der Waals surface area contributed by atoms with Crippen LogP contribution in [0.25, 0.3) is 0 Å². The molecule has 3 rings (SSSR count). The van der Waals surface area contributed by atoms with Crippen LogP contribution in [-0.2, 0) is 17.8 Å². The number of morpholine rings is 1. The van der Waals surface area contributed by atoms with Gasteiger partial charge in [0.15, 0.2) is 5.96 Å². The number of rotatable bonds is 5. The predicted molar refractivity (Wildman–Crippen MR) is 118 cm³/mol. The molecule has 1 aliphatic heterocycles. The molecule has 7 heteroatoms. The average molecular weight is 484 g/mol. The number of nitrogens with one attached hydrogen (secondary N) is 2. The first-order chi connectivity index (χ1) is 12.8. The van der Waals surface area contributed by atoms with Crippen molar-refractivity contribution in [3.8, 4) is 0 Å². The zero-order valence-corrected chi connectivity index (χ0v) is 17.8. The molecule has 1 fully saturated rings. The van der Waals surface area contributed by atoms with Gasteiger partial charge in [0, 0.05) is 44.5 Å². The van der Waals surface area contributed by atoms with Gasteiger partial charge in [-0.2, -0.15) is 0 Å². The van der Waals surface area contributed by atoms with E-state index in [0.29, 0.717) is 24.6 Å². The summed E-state index contributed by atoms with van der Waals surface area (Å²) in [7, 11) is 1.71. The number of nitrogens with zero attached hydrogens (tertiary/aromatic N) is 2. The molecule has 5 nitrogen and oxygen atoms in total. The molecule has 0 radical (unpaired) electrons. The van der Waals surface area contributed by atoms with E-state index in [-0.39, 0.29) is 29.8 Å². The van der Waals surface area contributed by atoms with Crippen molar-refractivity contribution in [2.75, 3.05) is 38.3 Å². The van der Waals surface area contributed by atoms with Gasteiger partial charge in [-0.15, -0.1) is 24.0 Å². The van der Waals surface area contributed by atoms with E-state index in [0.717, 1.165) is 31.9 Å². The predicted octanol–water partition coefficient (Wildman–Crippen LogP) is 3.15. The van der Waals surface area contributed by atoms with Crippen molar-refractivity contribution in [1.29, 1.82) is 0 Å². The van der Waals surface area contributed by atoms with Crippen LogP contribution >= 0.6 is 24.0 Å². The summed E-state index contributed by atoms with van der Waals surface area (Å²) in [6.45, 7) is 4.48. The number of ether oxygens (including phenoxy) is 1. The van der Waals surface area contributed by atoms with Gasteiger partial charge in [0.1, 0.15) is 5.82 Å². The fourth-order valence-corrected chi connectivity index (χ4v) is 2.87. The maximum absolute atomic E-state index is 13.7. The summed E-state index contributed by atoms with van der Waals surface area (Å²) in [5.41, 5.74) is 3.00. The average Bonchev–Trinajstić information content (AvgIpc) is 2.70. The Bertz CT molecular complexity index is 733. The molecule has 146 valence electrons. The number of hydrogen-bond acceptors (Lipinski definition) is 3. The summed E-state index contributed by atoms with van der Waals surface area (Å²) >= 11 is 0. The zero-order chi connectivity index (χ0) is 18.2. The van der Waals surface area contributed by atoms with Gasteiger partial charge in [-0.1, -0.05) is 30.3 Å². The quantitative estimate of drug-likeness (QED) is 0.389. The molecule has 2 aromatic carbocycles. The number of hydrogen-bond donors (Lipinski definition) is 2. The van der Waals surface area contributed by atoms with E-state index < -0.39 is 0 Å². The van der Waals surface area contributed by atoms with Crippen molar-refractivity contribution in [1.82, 2.24) is 10.6 Å². The van der Waals surface area contributed by atoms with Gasteiger partial charge in [-0.25, -0.2) is 4.39 Å². The fraction of sp³-hybridized carbons (Fsp3) is 0.350. The molecule has 0 spiro atoms. The SMILES string of the molecule is CN=C(NCc1ccc(N2CCOCC2)cc1)NCc1ccccc1F.I. The van der Waals surface area contributed by atoms with E-state index >= 15 is 0 Å². The Labute approximate surface area is 177 Å². The van der Waals surface area contributed by atoms with Crippen LogP contribution in [0.3, 0.4) is 0 Å². The van der Waals surface area contributed by atoms with Crippen molar-refractivity contribution in [3.63, 3.8) is 0 Å². The first kappa shape index (κ1) is 21.4. The second kappa shape index (κ2) is 11.1. The van der Waals surface area contributed by atoms with Gasteiger partial charge in [0.05, 0.1) is 13.2 Å². The van der Waals surface area contributed by atoms with E-state index in [2.05, 4.69) is 44.8 Å². The van der Waals surface area contributed by atoms with Crippen LogP contribution in [0.5, 0.6) is 0 Å². The monoisotopic (exact) mass is 484 g/mol. The molecular weight excluding hydrogens is 458 g/mol. The molecule has 1 saturated heterocycles. The molecule has 0 aromatic heterocycles. The van der Waals surface area contributed by atoms with Crippen LogP contribution in [0.4, 0.5) is 10.1 Å². The fourth-order valence-electron chi connectivity index (χ4n) is 2.87. The molecule has 0 atom stereocenters. The summed E-state index contributed by atoms with van der Waals surface area (Å²) in [6.07, 6.45) is 0. The van der Waals surface area contributed by atoms with Crippen molar-refractivity contribution in [2.24, 2.45) is 4.99 Å². The number of halogens is 2. The standard InChI is InChI=1S/C20H25FN4O.HI/c1-22-20(24-15-17-4-2-3-5-19(17)21)23-14-16-6-8-18(9-7-16)25-10-12-26-13-11-25;/h2-9H,10-15H2,1H3,(H2,22,23,24);1H. The third-order valence-corrected chi connectivity index (χ3v) is 4.40. The number of benzene rings is 2. The van der Waals surface area contributed by atoms with Gasteiger partial charge in [0.2, 0.25) is 0 Å². The Kier molecular flexibility index (Phi) is 8.80. The first-order valence-corrected chi connectivity index (χ1v) is 8.86. The Balaban J connectivity index is 0.00000261. The van der Waals surface area contributed by atoms with Crippen LogP contribution in [0, 0.1) is 5.82 Å². The van der Waals surface area contributed by atoms with Gasteiger partial charge >= 0.3 is 0 Å². The van der Waals surface area contributed by atoms with Crippen LogP contribution in [0.15, 0.2) is 53.5 Å². The Hall–Kier alpha value is -1.87. The van der Waals surface area contributed by atoms with Crippen molar-refractivity contribution in [3.05, 3.63) is 65.5 Å². The molecule has 0 saturated carbocycles. The van der Waals surface area contributed by atoms with E-state index in [1.54, 1.807) is 19.2 Å². The lowest BCUT2D eigenvalue weighted by Gasteiger charge is -2.28. The van der Waals surface area contributed by atoms with Gasteiger partial charge in [-0.3, -0.25) is 4.99 Å². The lowest BCUT2D eigenvalue weighted by molar-refractivity contribution is 0.122. The lowest BCUT2D eigenvalue weighted by atomic mass is 10.2. The lowest BCUT2D eigenvalue weighted by Crippen LogP contribution is -2.37. The third kappa shape index (κ3) is 6.35. The number of anilines is 1. The second-order valence-corrected chi connectivity index (χ2v) is 6.14. The highest BCUT2D eigenvalue weighted by Crippen LogP contribution is 2.16. The molecule has 2 aromatic rings. The molecule has 0 unspecified atom stereocenters. The van der Waals surface area contributed by atoms with Crippen LogP contribution < -0.4 is 15.5 Å². The molecule has 1 heterocycles. The van der Waals surface area contributed by atoms with E-state index in [1.165, 1.54) is 11.8 Å². The maximum atomic E-state index is 13.7. The minimum atomic E-state index is -0.214. The Morgan fingerprint density at radius 3 is 2.37 bits per heavy atom. The highest BCUT2D eigenvalue weighted by Gasteiger charge is 2.10. The smallest absolute Gasteiger partial charge is 0.191 e. The second-order valence-electron chi connectivity index (χ2n) is 6.14. The summed E-state index contributed by atoms with van der Waals surface area (Å²) in [4.78, 5) is 6.52. The Morgan fingerprint density at radius 1 is 1.04 bits per heavy atom. The van der Waals surface area contributed by atoms with E-state index in [9.17, 15) is 4.39 Å². The largest absolute Gasteiger partial charge is 0.378 e. The van der Waals surface area contributed by atoms with Gasteiger partial charge in [-0.05, 0) is 23.8 Å². The van der Waals surface area contributed by atoms with E-state index in [1.807, 2.05) is 6.07 Å². The molecule has 2 N–H and O–H groups in total. The highest BCUT2D eigenvalue weighted by molar-refractivity contribution is 14.0. The first-order valence-electron chi connectivity index (χ1n) is 8.86. The summed E-state index contributed by atoms with van der Waals surface area (Å²) in [5.74, 6) is 0.430. The topological polar surface area (TPSA) is 48.9 Å². The van der Waals surface area contributed by atoms with Crippen LogP contribution in [0.1, 0.15) is 11.1 Å². The zero-order valence-electron chi connectivity index (χ0n) is 15.5. The molecule has 0 bridgehead atoms. The van der Waals surface area contributed by atoms with Crippen LogP contribution in [-0.4, -0.2) is 39.3 Å². The minimum absolute atomic E-state index is 0. The molecule has 1 aliphatic rings. The summed E-state index contributed by atoms with van der Waals surface area (Å²) < 4.78 is 19.1. The van der Waals surface area contributed by atoms with Crippen molar-refractivity contribution in [2.45, 2.75) is 13.1 Å². The molecule has 27 heavy (non-hydrogen) atoms. The number of guanidine groups is 1.